The molecule has 9 heteroatoms. The van der Waals surface area contributed by atoms with E-state index in [2.05, 4.69) is 25.5 Å². The summed E-state index contributed by atoms with van der Waals surface area (Å²) < 4.78 is 1.64. The van der Waals surface area contributed by atoms with Gasteiger partial charge in [0.05, 0.1) is 5.69 Å². The summed E-state index contributed by atoms with van der Waals surface area (Å²) in [4.78, 5) is 31.6. The van der Waals surface area contributed by atoms with E-state index in [9.17, 15) is 14.7 Å². The van der Waals surface area contributed by atoms with Crippen LogP contribution >= 0.6 is 0 Å². The van der Waals surface area contributed by atoms with Gasteiger partial charge in [-0.2, -0.15) is 0 Å². The smallest absolute Gasteiger partial charge is 0.356 e. The van der Waals surface area contributed by atoms with E-state index in [1.807, 2.05) is 0 Å². The van der Waals surface area contributed by atoms with Gasteiger partial charge in [0, 0.05) is 18.1 Å². The largest absolute Gasteiger partial charge is 0.476 e. The first-order valence-electron chi connectivity index (χ1n) is 7.30. The van der Waals surface area contributed by atoms with Crippen molar-refractivity contribution in [3.05, 3.63) is 59.6 Å². The van der Waals surface area contributed by atoms with E-state index < -0.39 is 11.9 Å². The van der Waals surface area contributed by atoms with Gasteiger partial charge in [0.15, 0.2) is 17.2 Å². The third kappa shape index (κ3) is 3.34. The van der Waals surface area contributed by atoms with E-state index in [-0.39, 0.29) is 17.1 Å². The average molecular weight is 338 g/mol. The molecule has 3 heterocycles. The van der Waals surface area contributed by atoms with Crippen LogP contribution in [0.5, 0.6) is 0 Å². The Hall–Kier alpha value is -3.62. The highest BCUT2D eigenvalue weighted by Gasteiger charge is 2.17. The summed E-state index contributed by atoms with van der Waals surface area (Å²) in [5, 5.41) is 19.6. The topological polar surface area (TPSA) is 123 Å². The zero-order valence-electron chi connectivity index (χ0n) is 13.5. The molecule has 0 aromatic carbocycles. The number of carboxylic acid groups (broad SMARTS) is 1. The lowest BCUT2D eigenvalue weighted by Crippen LogP contribution is -2.18. The lowest BCUT2D eigenvalue weighted by molar-refractivity contribution is 0.0691. The van der Waals surface area contributed by atoms with Gasteiger partial charge in [-0.15, -0.1) is 10.2 Å². The maximum absolute atomic E-state index is 12.3. The summed E-state index contributed by atoms with van der Waals surface area (Å²) in [6.45, 7) is 3.48. The number of amides is 1. The molecule has 0 aliphatic heterocycles. The highest BCUT2D eigenvalue weighted by molar-refractivity contribution is 6.06. The second-order valence-corrected chi connectivity index (χ2v) is 5.29. The Morgan fingerprint density at radius 1 is 1.20 bits per heavy atom. The van der Waals surface area contributed by atoms with Crippen molar-refractivity contribution in [1.82, 2.24) is 24.7 Å². The summed E-state index contributed by atoms with van der Waals surface area (Å²) in [5.74, 6) is -1.29. The molecule has 9 nitrogen and oxygen atoms in total. The van der Waals surface area contributed by atoms with Gasteiger partial charge in [-0.05, 0) is 37.6 Å². The molecule has 0 saturated heterocycles. The number of carbonyl (C=O) groups is 2. The van der Waals surface area contributed by atoms with Crippen LogP contribution in [0.1, 0.15) is 32.2 Å². The number of aromatic carboxylic acids is 1. The Bertz CT molecular complexity index is 935. The number of nitrogens with zero attached hydrogens (tertiary/aromatic N) is 5. The van der Waals surface area contributed by atoms with Crippen LogP contribution in [0.3, 0.4) is 0 Å². The fourth-order valence-corrected chi connectivity index (χ4v) is 2.13. The van der Waals surface area contributed by atoms with Crippen molar-refractivity contribution in [2.45, 2.75) is 13.8 Å². The van der Waals surface area contributed by atoms with Crippen LogP contribution in [-0.4, -0.2) is 41.7 Å². The molecule has 0 atom stereocenters. The first kappa shape index (κ1) is 16.2. The third-order valence-corrected chi connectivity index (χ3v) is 3.57. The molecule has 3 aromatic heterocycles. The number of anilines is 1. The summed E-state index contributed by atoms with van der Waals surface area (Å²) in [7, 11) is 0. The van der Waals surface area contributed by atoms with Crippen molar-refractivity contribution in [1.29, 1.82) is 0 Å². The first-order valence-corrected chi connectivity index (χ1v) is 7.30. The van der Waals surface area contributed by atoms with Gasteiger partial charge in [-0.25, -0.2) is 14.8 Å². The lowest BCUT2D eigenvalue weighted by atomic mass is 10.1. The van der Waals surface area contributed by atoms with Crippen molar-refractivity contribution in [3.8, 4) is 5.82 Å². The van der Waals surface area contributed by atoms with Crippen LogP contribution in [0.2, 0.25) is 0 Å². The van der Waals surface area contributed by atoms with Gasteiger partial charge in [-0.3, -0.25) is 9.36 Å². The summed E-state index contributed by atoms with van der Waals surface area (Å²) in [6.07, 6.45) is 4.86. The SMILES string of the molecule is Cc1cc(NC(=O)c2ccc(-n3ccnc3)nn2)c(C(=O)O)nc1C. The van der Waals surface area contributed by atoms with Gasteiger partial charge in [0.25, 0.3) is 5.91 Å². The number of carboxylic acids is 1. The molecule has 3 rings (SSSR count). The monoisotopic (exact) mass is 338 g/mol. The maximum Gasteiger partial charge on any atom is 0.356 e. The number of carbonyl (C=O) groups excluding carboxylic acids is 1. The van der Waals surface area contributed by atoms with Gasteiger partial charge >= 0.3 is 5.97 Å². The highest BCUT2D eigenvalue weighted by Crippen LogP contribution is 2.18. The minimum atomic E-state index is -1.22. The van der Waals surface area contributed by atoms with Gasteiger partial charge in [0.2, 0.25) is 0 Å². The Balaban J connectivity index is 1.85. The quantitative estimate of drug-likeness (QED) is 0.741. The fraction of sp³-hybridized carbons (Fsp3) is 0.125. The fourth-order valence-electron chi connectivity index (χ4n) is 2.13. The van der Waals surface area contributed by atoms with Crippen LogP contribution < -0.4 is 5.32 Å². The molecule has 0 bridgehead atoms. The highest BCUT2D eigenvalue weighted by atomic mass is 16.4. The van der Waals surface area contributed by atoms with Crippen LogP contribution in [0.4, 0.5) is 5.69 Å². The normalized spacial score (nSPS) is 10.5. The number of hydrogen-bond donors (Lipinski definition) is 2. The summed E-state index contributed by atoms with van der Waals surface area (Å²) in [5.41, 5.74) is 1.29. The number of rotatable bonds is 4. The summed E-state index contributed by atoms with van der Waals surface area (Å²) in [6, 6.07) is 4.67. The Morgan fingerprint density at radius 3 is 2.60 bits per heavy atom. The molecule has 0 unspecified atom stereocenters. The number of imidazole rings is 1. The Labute approximate surface area is 142 Å². The molecule has 3 aromatic rings. The molecule has 0 spiro atoms. The second kappa shape index (κ2) is 6.48. The van der Waals surface area contributed by atoms with Crippen molar-refractivity contribution in [2.24, 2.45) is 0 Å². The number of nitrogens with one attached hydrogen (secondary N) is 1. The maximum atomic E-state index is 12.3. The Kier molecular flexibility index (Phi) is 4.21. The second-order valence-electron chi connectivity index (χ2n) is 5.29. The van der Waals surface area contributed by atoms with Crippen LogP contribution in [-0.2, 0) is 0 Å². The molecule has 0 aliphatic rings. The van der Waals surface area contributed by atoms with E-state index in [1.165, 1.54) is 6.07 Å². The minimum Gasteiger partial charge on any atom is -0.476 e. The number of aromatic nitrogens is 5. The number of pyridine rings is 1. The van der Waals surface area contributed by atoms with Crippen LogP contribution in [0, 0.1) is 13.8 Å². The molecule has 126 valence electrons. The van der Waals surface area contributed by atoms with Gasteiger partial charge < -0.3 is 10.4 Å². The minimum absolute atomic E-state index is 0.0541. The zero-order valence-corrected chi connectivity index (χ0v) is 13.5. The van der Waals surface area contributed by atoms with Gasteiger partial charge in [0.1, 0.15) is 6.33 Å². The Morgan fingerprint density at radius 2 is 2.00 bits per heavy atom. The van der Waals surface area contributed by atoms with E-state index in [1.54, 1.807) is 49.3 Å². The molecule has 25 heavy (non-hydrogen) atoms. The first-order chi connectivity index (χ1) is 12.0. The molecule has 0 aliphatic carbocycles. The molecular weight excluding hydrogens is 324 g/mol. The standard InChI is InChI=1S/C16H14N6O3/c1-9-7-12(14(16(24)25)18-10(9)2)19-15(23)11-3-4-13(21-20-11)22-6-5-17-8-22/h3-8H,1-2H3,(H,19,23)(H,24,25). The van der Waals surface area contributed by atoms with Crippen molar-refractivity contribution >= 4 is 17.6 Å². The van der Waals surface area contributed by atoms with Crippen molar-refractivity contribution < 1.29 is 14.7 Å². The predicted molar refractivity (Wildman–Crippen MR) is 87.8 cm³/mol. The molecule has 1 amide bonds. The van der Waals surface area contributed by atoms with Crippen LogP contribution in [0.15, 0.2) is 36.9 Å². The number of aryl methyl sites for hydroxylation is 2. The molecular formula is C16H14N6O3. The average Bonchev–Trinajstić information content (AvgIpc) is 3.12. The molecule has 0 radical (unpaired) electrons. The van der Waals surface area contributed by atoms with Crippen molar-refractivity contribution in [3.63, 3.8) is 0 Å². The van der Waals surface area contributed by atoms with Gasteiger partial charge in [-0.1, -0.05) is 0 Å². The van der Waals surface area contributed by atoms with Crippen LogP contribution in [0.25, 0.3) is 5.82 Å². The summed E-state index contributed by atoms with van der Waals surface area (Å²) >= 11 is 0. The predicted octanol–water partition coefficient (Wildman–Crippen LogP) is 1.62. The lowest BCUT2D eigenvalue weighted by Gasteiger charge is -2.10. The van der Waals surface area contributed by atoms with E-state index in [4.69, 9.17) is 0 Å². The third-order valence-electron chi connectivity index (χ3n) is 3.57. The van der Waals surface area contributed by atoms with Crippen molar-refractivity contribution in [2.75, 3.05) is 5.32 Å². The molecule has 2 N–H and O–H groups in total. The molecule has 0 saturated carbocycles. The van der Waals surface area contributed by atoms with E-state index in [0.29, 0.717) is 11.5 Å². The zero-order chi connectivity index (χ0) is 18.0. The van der Waals surface area contributed by atoms with E-state index in [0.717, 1.165) is 5.56 Å². The van der Waals surface area contributed by atoms with E-state index >= 15 is 0 Å². The molecule has 0 fully saturated rings. The number of hydrogen-bond acceptors (Lipinski definition) is 6.